The van der Waals surface area contributed by atoms with Gasteiger partial charge in [0.1, 0.15) is 29.9 Å². The highest BCUT2D eigenvalue weighted by Crippen LogP contribution is 2.40. The number of carbonyl (C=O) groups excluding carboxylic acids is 2. The van der Waals surface area contributed by atoms with Gasteiger partial charge in [0.25, 0.3) is 5.91 Å². The minimum atomic E-state index is -1.14. The molecule has 1 aliphatic rings. The molecule has 4 aromatic rings. The minimum Gasteiger partial charge on any atom is -0.497 e. The van der Waals surface area contributed by atoms with Crippen molar-refractivity contribution in [1.82, 2.24) is 25.5 Å². The van der Waals surface area contributed by atoms with Crippen LogP contribution in [0.2, 0.25) is 0 Å². The highest BCUT2D eigenvalue weighted by molar-refractivity contribution is 6.02. The minimum absolute atomic E-state index is 0.0519. The molecule has 0 fully saturated rings. The molecule has 0 saturated carbocycles. The molecule has 1 aliphatic carbocycles. The van der Waals surface area contributed by atoms with Crippen molar-refractivity contribution < 1.29 is 23.5 Å². The predicted octanol–water partition coefficient (Wildman–Crippen LogP) is 5.06. The van der Waals surface area contributed by atoms with E-state index >= 15 is 0 Å². The highest BCUT2D eigenvalue weighted by atomic mass is 19.1. The Bertz CT molecular complexity index is 1660. The van der Waals surface area contributed by atoms with Crippen molar-refractivity contribution in [2.75, 3.05) is 19.1 Å². The standard InChI is InChI=1S/C33H37FN6O4/c1-33(2,3)35-32(42)30(25-19-22(43-4)17-18-28(25)44-5)40(27-16-10-12-21-11-6-7-13-23(21)27)29(41)20-39-37-31(36-38-39)24-14-8-9-15-26(24)34/h8-10,12,14-19,30H,6-7,11,13,20H2,1-5H3,(H,35,42)/t30-/m1/s1. The topological polar surface area (TPSA) is 111 Å². The van der Waals surface area contributed by atoms with Crippen molar-refractivity contribution in [1.29, 1.82) is 0 Å². The van der Waals surface area contributed by atoms with Crippen LogP contribution in [0.5, 0.6) is 11.5 Å². The Hall–Kier alpha value is -4.80. The van der Waals surface area contributed by atoms with Gasteiger partial charge >= 0.3 is 0 Å². The molecule has 2 amide bonds. The zero-order chi connectivity index (χ0) is 31.4. The van der Waals surface area contributed by atoms with Gasteiger partial charge < -0.3 is 14.8 Å². The maximum atomic E-state index is 14.5. The smallest absolute Gasteiger partial charge is 0.251 e. The Balaban J connectivity index is 1.66. The highest BCUT2D eigenvalue weighted by Gasteiger charge is 2.38. The average Bonchev–Trinajstić information content (AvgIpc) is 3.46. The number of fused-ring (bicyclic) bond motifs is 1. The van der Waals surface area contributed by atoms with Crippen LogP contribution in [0.15, 0.2) is 60.7 Å². The quantitative estimate of drug-likeness (QED) is 0.286. The molecule has 1 aromatic heterocycles. The molecule has 0 bridgehead atoms. The zero-order valence-corrected chi connectivity index (χ0v) is 25.6. The van der Waals surface area contributed by atoms with Gasteiger partial charge in [0.2, 0.25) is 11.7 Å². The first-order valence-electron chi connectivity index (χ1n) is 14.6. The Morgan fingerprint density at radius 3 is 2.52 bits per heavy atom. The zero-order valence-electron chi connectivity index (χ0n) is 25.6. The number of benzene rings is 3. The van der Waals surface area contributed by atoms with E-state index in [0.717, 1.165) is 41.6 Å². The lowest BCUT2D eigenvalue weighted by Gasteiger charge is -2.36. The molecule has 5 rings (SSSR count). The van der Waals surface area contributed by atoms with Gasteiger partial charge in [0, 0.05) is 16.8 Å². The van der Waals surface area contributed by atoms with E-state index < -0.39 is 29.2 Å². The number of carbonyl (C=O) groups is 2. The molecule has 1 atom stereocenters. The molecule has 0 aliphatic heterocycles. The van der Waals surface area contributed by atoms with Crippen LogP contribution in [0.4, 0.5) is 10.1 Å². The Labute approximate surface area is 256 Å². The van der Waals surface area contributed by atoms with E-state index in [1.807, 2.05) is 32.9 Å². The summed E-state index contributed by atoms with van der Waals surface area (Å²) in [6.45, 7) is 5.29. The van der Waals surface area contributed by atoms with Gasteiger partial charge in [-0.15, -0.1) is 10.2 Å². The van der Waals surface area contributed by atoms with Gasteiger partial charge in [-0.2, -0.15) is 4.80 Å². The van der Waals surface area contributed by atoms with Crippen LogP contribution >= 0.6 is 0 Å². The molecule has 3 aromatic carbocycles. The summed E-state index contributed by atoms with van der Waals surface area (Å²) in [5, 5.41) is 15.4. The number of hydrogen-bond acceptors (Lipinski definition) is 7. The van der Waals surface area contributed by atoms with Gasteiger partial charge in [-0.1, -0.05) is 24.3 Å². The van der Waals surface area contributed by atoms with Crippen LogP contribution in [-0.4, -0.2) is 51.8 Å². The fourth-order valence-corrected chi connectivity index (χ4v) is 5.55. The third-order valence-electron chi connectivity index (χ3n) is 7.48. The molecular weight excluding hydrogens is 563 g/mol. The van der Waals surface area contributed by atoms with E-state index in [2.05, 4.69) is 26.8 Å². The van der Waals surface area contributed by atoms with Crippen LogP contribution in [0, 0.1) is 5.82 Å². The monoisotopic (exact) mass is 600 g/mol. The van der Waals surface area contributed by atoms with E-state index in [0.29, 0.717) is 22.7 Å². The van der Waals surface area contributed by atoms with Crippen molar-refractivity contribution in [3.63, 3.8) is 0 Å². The van der Waals surface area contributed by atoms with Crippen LogP contribution in [0.1, 0.15) is 56.3 Å². The lowest BCUT2D eigenvalue weighted by Crippen LogP contribution is -2.50. The van der Waals surface area contributed by atoms with Crippen molar-refractivity contribution in [3.05, 3.63) is 83.2 Å². The van der Waals surface area contributed by atoms with Crippen molar-refractivity contribution in [2.24, 2.45) is 0 Å². The molecule has 11 heteroatoms. The SMILES string of the molecule is COc1ccc(OC)c([C@H](C(=O)NC(C)(C)C)N(C(=O)Cn2nnc(-c3ccccc3F)n2)c2cccc3c2CCCC3)c1. The summed E-state index contributed by atoms with van der Waals surface area (Å²) < 4.78 is 25.7. The summed E-state index contributed by atoms with van der Waals surface area (Å²) in [6, 6.07) is 16.0. The number of halogens is 1. The summed E-state index contributed by atoms with van der Waals surface area (Å²) in [5.41, 5.74) is 2.80. The van der Waals surface area contributed by atoms with Crippen molar-refractivity contribution in [3.8, 4) is 22.9 Å². The number of nitrogens with one attached hydrogen (secondary N) is 1. The Morgan fingerprint density at radius 1 is 1.02 bits per heavy atom. The summed E-state index contributed by atoms with van der Waals surface area (Å²) in [7, 11) is 3.06. The number of tetrazole rings is 1. The molecule has 0 unspecified atom stereocenters. The second-order valence-electron chi connectivity index (χ2n) is 11.8. The molecular formula is C33H37FN6O4. The van der Waals surface area contributed by atoms with Crippen LogP contribution in [0.25, 0.3) is 11.4 Å². The first-order chi connectivity index (χ1) is 21.1. The van der Waals surface area contributed by atoms with Crippen molar-refractivity contribution in [2.45, 2.75) is 64.6 Å². The van der Waals surface area contributed by atoms with Crippen LogP contribution in [-0.2, 0) is 29.0 Å². The second kappa shape index (κ2) is 12.8. The van der Waals surface area contributed by atoms with Crippen LogP contribution in [0.3, 0.4) is 0 Å². The summed E-state index contributed by atoms with van der Waals surface area (Å²) in [5.74, 6) is -0.381. The van der Waals surface area contributed by atoms with Gasteiger partial charge in [0.15, 0.2) is 0 Å². The summed E-state index contributed by atoms with van der Waals surface area (Å²) in [6.07, 6.45) is 3.65. The molecule has 0 radical (unpaired) electrons. The first kappa shape index (κ1) is 30.7. The maximum Gasteiger partial charge on any atom is 0.251 e. The number of aryl methyl sites for hydroxylation is 1. The van der Waals surface area contributed by atoms with Crippen molar-refractivity contribution >= 4 is 17.5 Å². The largest absolute Gasteiger partial charge is 0.497 e. The molecule has 230 valence electrons. The normalized spacial score (nSPS) is 13.5. The average molecular weight is 601 g/mol. The molecule has 44 heavy (non-hydrogen) atoms. The van der Waals surface area contributed by atoms with E-state index in [9.17, 15) is 14.0 Å². The third kappa shape index (κ3) is 6.56. The van der Waals surface area contributed by atoms with E-state index in [-0.39, 0.29) is 17.9 Å². The molecule has 0 spiro atoms. The van der Waals surface area contributed by atoms with E-state index in [1.165, 1.54) is 25.2 Å². The maximum absolute atomic E-state index is 14.5. The fraction of sp³-hybridized carbons (Fsp3) is 0.364. The molecule has 1 heterocycles. The first-order valence-corrected chi connectivity index (χ1v) is 14.6. The number of anilines is 1. The van der Waals surface area contributed by atoms with Gasteiger partial charge in [-0.3, -0.25) is 14.5 Å². The number of hydrogen-bond donors (Lipinski definition) is 1. The van der Waals surface area contributed by atoms with Crippen LogP contribution < -0.4 is 19.7 Å². The predicted molar refractivity (Wildman–Crippen MR) is 164 cm³/mol. The second-order valence-corrected chi connectivity index (χ2v) is 11.8. The summed E-state index contributed by atoms with van der Waals surface area (Å²) in [4.78, 5) is 31.4. The number of amides is 2. The van der Waals surface area contributed by atoms with Gasteiger partial charge in [0.05, 0.1) is 19.8 Å². The lowest BCUT2D eigenvalue weighted by molar-refractivity contribution is -0.128. The third-order valence-corrected chi connectivity index (χ3v) is 7.48. The molecule has 0 saturated heterocycles. The Morgan fingerprint density at radius 2 is 1.80 bits per heavy atom. The molecule has 10 nitrogen and oxygen atoms in total. The lowest BCUT2D eigenvalue weighted by atomic mass is 9.89. The number of rotatable bonds is 9. The van der Waals surface area contributed by atoms with Gasteiger partial charge in [-0.05, 0) is 99.2 Å². The fourth-order valence-electron chi connectivity index (χ4n) is 5.55. The number of ether oxygens (including phenoxy) is 2. The molecule has 1 N–H and O–H groups in total. The van der Waals surface area contributed by atoms with Gasteiger partial charge in [-0.25, -0.2) is 4.39 Å². The Kier molecular flexibility index (Phi) is 8.93. The summed E-state index contributed by atoms with van der Waals surface area (Å²) >= 11 is 0. The van der Waals surface area contributed by atoms with E-state index in [1.54, 1.807) is 36.4 Å². The van der Waals surface area contributed by atoms with E-state index in [4.69, 9.17) is 9.47 Å². The number of aromatic nitrogens is 4. The number of nitrogens with zero attached hydrogens (tertiary/aromatic N) is 5. The number of methoxy groups -OCH3 is 2.